The van der Waals surface area contributed by atoms with E-state index in [1.165, 1.54) is 11.3 Å². The molecule has 0 saturated carbocycles. The Morgan fingerprint density at radius 1 is 1.12 bits per heavy atom. The molecule has 0 fully saturated rings. The van der Waals surface area contributed by atoms with Crippen LogP contribution in [0.5, 0.6) is 5.75 Å². The second-order valence-corrected chi connectivity index (χ2v) is 10.3. The third kappa shape index (κ3) is 4.82. The largest absolute Gasteiger partial charge is 0.489 e. The van der Waals surface area contributed by atoms with Gasteiger partial charge in [0.15, 0.2) is 0 Å². The molecule has 0 amide bonds. The Balaban J connectivity index is 1.64. The lowest BCUT2D eigenvalue weighted by molar-refractivity contribution is 0.0702. The molecule has 4 rings (SSSR count). The minimum absolute atomic E-state index is 0.0670. The van der Waals surface area contributed by atoms with E-state index in [0.717, 1.165) is 21.6 Å². The zero-order valence-corrected chi connectivity index (χ0v) is 21.6. The van der Waals surface area contributed by atoms with Gasteiger partial charge in [0.2, 0.25) is 0 Å². The van der Waals surface area contributed by atoms with Crippen molar-refractivity contribution >= 4 is 52.1 Å². The summed E-state index contributed by atoms with van der Waals surface area (Å²) in [6.45, 7) is 6.04. The van der Waals surface area contributed by atoms with E-state index in [9.17, 15) is 9.90 Å². The lowest BCUT2D eigenvalue weighted by Crippen LogP contribution is -2.01. The molecule has 2 heterocycles. The standard InChI is InChI=1S/C25H20Cl3NO4S/c1-12(2)23-16(22(29-33-23)21-17(26)5-4-6-18(21)27)11-32-14-7-8-15(19(28)10-14)24-13(3)9-20(34-24)25(30)31/h4-10,12H,11H2,1-3H3,(H,30,31). The van der Waals surface area contributed by atoms with Gasteiger partial charge in [0.05, 0.1) is 20.6 Å². The van der Waals surface area contributed by atoms with Gasteiger partial charge in [-0.3, -0.25) is 0 Å². The fraction of sp³-hybridized carbons (Fsp3) is 0.200. The van der Waals surface area contributed by atoms with Crippen LogP contribution in [-0.4, -0.2) is 16.2 Å². The summed E-state index contributed by atoms with van der Waals surface area (Å²) in [5.74, 6) is 0.342. The van der Waals surface area contributed by atoms with Crippen LogP contribution in [0.15, 0.2) is 47.0 Å². The van der Waals surface area contributed by atoms with Crippen molar-refractivity contribution in [2.75, 3.05) is 0 Å². The van der Waals surface area contributed by atoms with Gasteiger partial charge in [0.1, 0.15) is 28.7 Å². The summed E-state index contributed by atoms with van der Waals surface area (Å²) >= 11 is 20.6. The van der Waals surface area contributed by atoms with Gasteiger partial charge < -0.3 is 14.4 Å². The first-order valence-corrected chi connectivity index (χ1v) is 12.3. The van der Waals surface area contributed by atoms with Crippen LogP contribution in [0.25, 0.3) is 21.7 Å². The van der Waals surface area contributed by atoms with Crippen molar-refractivity contribution < 1.29 is 19.2 Å². The van der Waals surface area contributed by atoms with Gasteiger partial charge in [0, 0.05) is 21.9 Å². The van der Waals surface area contributed by atoms with Crippen molar-refractivity contribution in [3.05, 3.63) is 79.3 Å². The van der Waals surface area contributed by atoms with Gasteiger partial charge in [-0.15, -0.1) is 11.3 Å². The zero-order valence-electron chi connectivity index (χ0n) is 18.5. The number of benzene rings is 2. The van der Waals surface area contributed by atoms with E-state index in [1.54, 1.807) is 36.4 Å². The van der Waals surface area contributed by atoms with Crippen molar-refractivity contribution in [2.24, 2.45) is 0 Å². The van der Waals surface area contributed by atoms with Crippen LogP contribution in [0.4, 0.5) is 0 Å². The smallest absolute Gasteiger partial charge is 0.345 e. The van der Waals surface area contributed by atoms with Gasteiger partial charge in [-0.05, 0) is 48.9 Å². The molecule has 0 spiro atoms. The predicted molar refractivity (Wildman–Crippen MR) is 137 cm³/mol. The van der Waals surface area contributed by atoms with Crippen molar-refractivity contribution in [1.29, 1.82) is 0 Å². The summed E-state index contributed by atoms with van der Waals surface area (Å²) in [5, 5.41) is 14.9. The lowest BCUT2D eigenvalue weighted by atomic mass is 10.0. The van der Waals surface area contributed by atoms with Gasteiger partial charge >= 0.3 is 5.97 Å². The third-order valence-corrected chi connectivity index (χ3v) is 7.44. The molecule has 2 aromatic carbocycles. The molecule has 0 radical (unpaired) electrons. The average molecular weight is 537 g/mol. The maximum absolute atomic E-state index is 11.3. The second-order valence-electron chi connectivity index (χ2n) is 7.98. The highest BCUT2D eigenvalue weighted by Crippen LogP contribution is 2.40. The number of halogens is 3. The van der Waals surface area contributed by atoms with Crippen molar-refractivity contribution in [3.63, 3.8) is 0 Å². The maximum atomic E-state index is 11.3. The first kappa shape index (κ1) is 24.6. The highest BCUT2D eigenvalue weighted by atomic mass is 35.5. The lowest BCUT2D eigenvalue weighted by Gasteiger charge is -2.12. The van der Waals surface area contributed by atoms with Crippen LogP contribution in [0.3, 0.4) is 0 Å². The van der Waals surface area contributed by atoms with E-state index in [-0.39, 0.29) is 17.4 Å². The van der Waals surface area contributed by atoms with Crippen LogP contribution < -0.4 is 4.74 Å². The fourth-order valence-corrected chi connectivity index (χ4v) is 5.56. The van der Waals surface area contributed by atoms with Crippen molar-refractivity contribution in [2.45, 2.75) is 33.3 Å². The SMILES string of the molecule is Cc1cc(C(=O)O)sc1-c1ccc(OCc2c(-c3c(Cl)cccc3Cl)noc2C(C)C)cc1Cl. The number of ether oxygens (including phenoxy) is 1. The Morgan fingerprint density at radius 3 is 2.41 bits per heavy atom. The quantitative estimate of drug-likeness (QED) is 0.256. The number of rotatable bonds is 7. The number of hydrogen-bond donors (Lipinski definition) is 1. The summed E-state index contributed by atoms with van der Waals surface area (Å²) in [6, 6.07) is 12.2. The Hall–Kier alpha value is -2.51. The number of hydrogen-bond acceptors (Lipinski definition) is 5. The van der Waals surface area contributed by atoms with E-state index in [0.29, 0.717) is 37.8 Å². The summed E-state index contributed by atoms with van der Waals surface area (Å²) in [4.78, 5) is 12.4. The fourth-order valence-electron chi connectivity index (χ4n) is 3.62. The Bertz CT molecular complexity index is 1360. The highest BCUT2D eigenvalue weighted by molar-refractivity contribution is 7.17. The normalized spacial score (nSPS) is 11.3. The molecule has 0 saturated heterocycles. The van der Waals surface area contributed by atoms with Gasteiger partial charge in [-0.1, -0.05) is 59.9 Å². The van der Waals surface area contributed by atoms with E-state index < -0.39 is 5.97 Å². The molecule has 1 N–H and O–H groups in total. The Labute approximate surface area is 215 Å². The van der Waals surface area contributed by atoms with Gasteiger partial charge in [-0.25, -0.2) is 4.79 Å². The number of carbonyl (C=O) groups is 1. The zero-order chi connectivity index (χ0) is 24.6. The summed E-state index contributed by atoms with van der Waals surface area (Å²) < 4.78 is 11.7. The number of aromatic carboxylic acids is 1. The molecule has 0 aliphatic carbocycles. The maximum Gasteiger partial charge on any atom is 0.345 e. The van der Waals surface area contributed by atoms with Crippen molar-refractivity contribution in [3.8, 4) is 27.4 Å². The minimum Gasteiger partial charge on any atom is -0.489 e. The first-order valence-electron chi connectivity index (χ1n) is 10.4. The molecule has 0 aliphatic rings. The molecular formula is C25H20Cl3NO4S. The van der Waals surface area contributed by atoms with Crippen LogP contribution in [0.2, 0.25) is 15.1 Å². The van der Waals surface area contributed by atoms with E-state index in [1.807, 2.05) is 26.8 Å². The third-order valence-electron chi connectivity index (χ3n) is 5.24. The molecule has 5 nitrogen and oxygen atoms in total. The van der Waals surface area contributed by atoms with Crippen LogP contribution in [0, 0.1) is 6.92 Å². The summed E-state index contributed by atoms with van der Waals surface area (Å²) in [6.07, 6.45) is 0. The molecular weight excluding hydrogens is 517 g/mol. The van der Waals surface area contributed by atoms with E-state index in [2.05, 4.69) is 5.16 Å². The highest BCUT2D eigenvalue weighted by Gasteiger charge is 2.24. The molecule has 34 heavy (non-hydrogen) atoms. The molecule has 0 atom stereocenters. The first-order chi connectivity index (χ1) is 16.2. The number of carboxylic acids is 1. The minimum atomic E-state index is -0.959. The van der Waals surface area contributed by atoms with E-state index >= 15 is 0 Å². The van der Waals surface area contributed by atoms with Crippen molar-refractivity contribution in [1.82, 2.24) is 5.16 Å². The van der Waals surface area contributed by atoms with Crippen LogP contribution in [0.1, 0.15) is 46.3 Å². The molecule has 0 bridgehead atoms. The average Bonchev–Trinajstić information content (AvgIpc) is 3.36. The monoisotopic (exact) mass is 535 g/mol. The number of thiophene rings is 1. The van der Waals surface area contributed by atoms with Gasteiger partial charge in [0.25, 0.3) is 0 Å². The summed E-state index contributed by atoms with van der Waals surface area (Å²) in [5.41, 5.74) is 3.49. The number of nitrogens with zero attached hydrogens (tertiary/aromatic N) is 1. The van der Waals surface area contributed by atoms with Crippen LogP contribution in [-0.2, 0) is 6.61 Å². The van der Waals surface area contributed by atoms with Crippen LogP contribution >= 0.6 is 46.1 Å². The Kier molecular flexibility index (Phi) is 7.24. The second kappa shape index (κ2) is 10.0. The summed E-state index contributed by atoms with van der Waals surface area (Å²) in [7, 11) is 0. The number of aryl methyl sites for hydroxylation is 1. The molecule has 176 valence electrons. The molecule has 2 aromatic heterocycles. The van der Waals surface area contributed by atoms with E-state index in [4.69, 9.17) is 44.1 Å². The number of aromatic nitrogens is 1. The Morgan fingerprint density at radius 2 is 1.82 bits per heavy atom. The molecule has 9 heteroatoms. The number of carboxylic acid groups (broad SMARTS) is 1. The molecule has 0 unspecified atom stereocenters. The molecule has 0 aliphatic heterocycles. The topological polar surface area (TPSA) is 72.6 Å². The predicted octanol–water partition coefficient (Wildman–Crippen LogP) is 8.74. The van der Waals surface area contributed by atoms with Gasteiger partial charge in [-0.2, -0.15) is 0 Å². The molecule has 4 aromatic rings.